The number of anilines is 2. The van der Waals surface area contributed by atoms with Crippen LogP contribution in [-0.4, -0.2) is 0 Å². The van der Waals surface area contributed by atoms with E-state index in [0.717, 1.165) is 16.9 Å². The summed E-state index contributed by atoms with van der Waals surface area (Å²) >= 11 is 0. The Morgan fingerprint density at radius 3 is 2.13 bits per heavy atom. The summed E-state index contributed by atoms with van der Waals surface area (Å²) in [6.45, 7) is 15.5. The van der Waals surface area contributed by atoms with E-state index >= 15 is 0 Å². The van der Waals surface area contributed by atoms with Crippen LogP contribution in [0.25, 0.3) is 5.57 Å². The fraction of sp³-hybridized carbons (Fsp3) is 0.200. The molecule has 0 saturated carbocycles. The smallest absolute Gasteiger partial charge is 0.0413 e. The minimum atomic E-state index is -0.191. The zero-order valence-electron chi connectivity index (χ0n) is 19.2. The van der Waals surface area contributed by atoms with Crippen molar-refractivity contribution in [1.29, 1.82) is 0 Å². The zero-order chi connectivity index (χ0) is 22.2. The summed E-state index contributed by atoms with van der Waals surface area (Å²) in [7, 11) is 0. The largest absolute Gasteiger partial charge is 0.355 e. The van der Waals surface area contributed by atoms with Gasteiger partial charge >= 0.3 is 0 Å². The van der Waals surface area contributed by atoms with E-state index in [-0.39, 0.29) is 5.41 Å². The van der Waals surface area contributed by atoms with Crippen LogP contribution in [0.3, 0.4) is 0 Å². The Balaban J connectivity index is 1.94. The Hall–Kier alpha value is -3.32. The van der Waals surface area contributed by atoms with E-state index in [9.17, 15) is 0 Å². The second-order valence-corrected chi connectivity index (χ2v) is 9.06. The van der Waals surface area contributed by atoms with Gasteiger partial charge in [0.15, 0.2) is 0 Å². The number of fused-ring (bicyclic) bond motifs is 1. The number of allylic oxidation sites excluding steroid dienone is 4. The zero-order valence-corrected chi connectivity index (χ0v) is 19.2. The molecule has 3 aromatic carbocycles. The quantitative estimate of drug-likeness (QED) is 0.462. The SMILES string of the molecule is C=C1/C=C\C(C)=C(\c2ccccc2C)c2ccc(Nc3ccccc3C)cc2C1(C)C. The summed E-state index contributed by atoms with van der Waals surface area (Å²) in [5.74, 6) is 0. The van der Waals surface area contributed by atoms with Crippen molar-refractivity contribution in [2.75, 3.05) is 5.32 Å². The van der Waals surface area contributed by atoms with Crippen molar-refractivity contribution in [3.8, 4) is 0 Å². The van der Waals surface area contributed by atoms with Gasteiger partial charge in [-0.1, -0.05) is 81.1 Å². The Bertz CT molecular complexity index is 1220. The van der Waals surface area contributed by atoms with Crippen molar-refractivity contribution in [3.05, 3.63) is 124 Å². The first kappa shape index (κ1) is 20.9. The van der Waals surface area contributed by atoms with Crippen LogP contribution in [0.15, 0.2) is 96.6 Å². The number of hydrogen-bond acceptors (Lipinski definition) is 1. The van der Waals surface area contributed by atoms with E-state index in [2.05, 4.69) is 125 Å². The number of hydrogen-bond donors (Lipinski definition) is 1. The van der Waals surface area contributed by atoms with Crippen LogP contribution in [0.4, 0.5) is 11.4 Å². The van der Waals surface area contributed by atoms with Gasteiger partial charge in [-0.15, -0.1) is 0 Å². The first-order chi connectivity index (χ1) is 14.8. The molecule has 0 fully saturated rings. The third-order valence-electron chi connectivity index (χ3n) is 6.53. The molecule has 0 atom stereocenters. The molecule has 156 valence electrons. The van der Waals surface area contributed by atoms with Crippen molar-refractivity contribution in [2.24, 2.45) is 0 Å². The number of rotatable bonds is 3. The standard InChI is InChI=1S/C30H31N/c1-20-11-7-9-13-25(20)29-22(3)15-16-23(4)30(5,6)27-19-24(17-18-26(27)29)31-28-14-10-8-12-21(28)2/h7-19,31H,4H2,1-3,5-6H3/b16-15-,29-22-. The van der Waals surface area contributed by atoms with Crippen molar-refractivity contribution in [2.45, 2.75) is 40.0 Å². The van der Waals surface area contributed by atoms with E-state index < -0.39 is 0 Å². The summed E-state index contributed by atoms with van der Waals surface area (Å²) in [5.41, 5.74) is 12.1. The van der Waals surface area contributed by atoms with Crippen molar-refractivity contribution in [3.63, 3.8) is 0 Å². The second kappa shape index (κ2) is 8.07. The average Bonchev–Trinajstić information content (AvgIpc) is 2.75. The van der Waals surface area contributed by atoms with Gasteiger partial charge in [0.25, 0.3) is 0 Å². The number of para-hydroxylation sites is 1. The average molecular weight is 406 g/mol. The molecule has 0 saturated heterocycles. The van der Waals surface area contributed by atoms with E-state index in [1.165, 1.54) is 39.0 Å². The van der Waals surface area contributed by atoms with Crippen LogP contribution in [0.5, 0.6) is 0 Å². The molecule has 0 spiro atoms. The lowest BCUT2D eigenvalue weighted by molar-refractivity contribution is 0.639. The predicted molar refractivity (Wildman–Crippen MR) is 135 cm³/mol. The van der Waals surface area contributed by atoms with Gasteiger partial charge in [-0.05, 0) is 83.5 Å². The van der Waals surface area contributed by atoms with Gasteiger partial charge < -0.3 is 5.32 Å². The van der Waals surface area contributed by atoms with Crippen LogP contribution >= 0.6 is 0 Å². The van der Waals surface area contributed by atoms with E-state index in [0.29, 0.717) is 0 Å². The lowest BCUT2D eigenvalue weighted by Gasteiger charge is -2.32. The van der Waals surface area contributed by atoms with Gasteiger partial charge in [0.05, 0.1) is 0 Å². The molecule has 4 rings (SSSR count). The highest BCUT2D eigenvalue weighted by Crippen LogP contribution is 2.43. The molecule has 1 heteroatoms. The van der Waals surface area contributed by atoms with Crippen LogP contribution in [0.1, 0.15) is 48.6 Å². The minimum absolute atomic E-state index is 0.191. The van der Waals surface area contributed by atoms with Crippen LogP contribution in [0.2, 0.25) is 0 Å². The maximum Gasteiger partial charge on any atom is 0.0413 e. The predicted octanol–water partition coefficient (Wildman–Crippen LogP) is 8.27. The highest BCUT2D eigenvalue weighted by molar-refractivity contribution is 5.88. The number of benzene rings is 3. The van der Waals surface area contributed by atoms with Gasteiger partial charge in [-0.25, -0.2) is 0 Å². The molecule has 1 N–H and O–H groups in total. The van der Waals surface area contributed by atoms with Crippen LogP contribution in [0, 0.1) is 13.8 Å². The molecule has 0 aliphatic heterocycles. The van der Waals surface area contributed by atoms with Gasteiger partial charge in [-0.2, -0.15) is 0 Å². The monoisotopic (exact) mass is 405 g/mol. The molecule has 1 aliphatic carbocycles. The van der Waals surface area contributed by atoms with Gasteiger partial charge in [0.2, 0.25) is 0 Å². The third-order valence-corrected chi connectivity index (χ3v) is 6.53. The topological polar surface area (TPSA) is 12.0 Å². The highest BCUT2D eigenvalue weighted by Gasteiger charge is 2.29. The molecule has 0 bridgehead atoms. The Labute approximate surface area is 186 Å². The van der Waals surface area contributed by atoms with Crippen LogP contribution < -0.4 is 5.32 Å². The minimum Gasteiger partial charge on any atom is -0.355 e. The maximum absolute atomic E-state index is 4.42. The Morgan fingerprint density at radius 1 is 0.742 bits per heavy atom. The summed E-state index contributed by atoms with van der Waals surface area (Å²) in [6, 6.07) is 23.8. The molecule has 0 aromatic heterocycles. The van der Waals surface area contributed by atoms with Crippen molar-refractivity contribution < 1.29 is 0 Å². The molecule has 0 unspecified atom stereocenters. The van der Waals surface area contributed by atoms with Crippen molar-refractivity contribution in [1.82, 2.24) is 0 Å². The van der Waals surface area contributed by atoms with Gasteiger partial charge in [-0.3, -0.25) is 0 Å². The highest BCUT2D eigenvalue weighted by atomic mass is 14.9. The van der Waals surface area contributed by atoms with Gasteiger partial charge in [0, 0.05) is 16.8 Å². The van der Waals surface area contributed by atoms with Crippen LogP contribution in [-0.2, 0) is 5.41 Å². The lowest BCUT2D eigenvalue weighted by Crippen LogP contribution is -2.22. The summed E-state index contributed by atoms with van der Waals surface area (Å²) in [6.07, 6.45) is 4.40. The lowest BCUT2D eigenvalue weighted by atomic mass is 9.72. The molecular formula is C30H31N. The third kappa shape index (κ3) is 3.88. The first-order valence-electron chi connectivity index (χ1n) is 10.9. The Kier molecular flexibility index (Phi) is 5.45. The number of nitrogens with one attached hydrogen (secondary N) is 1. The van der Waals surface area contributed by atoms with Gasteiger partial charge in [0.1, 0.15) is 0 Å². The molecule has 0 radical (unpaired) electrons. The fourth-order valence-electron chi connectivity index (χ4n) is 4.34. The molecule has 1 nitrogen and oxygen atoms in total. The molecule has 0 heterocycles. The molecule has 0 amide bonds. The summed E-state index contributed by atoms with van der Waals surface area (Å²) in [4.78, 5) is 0. The van der Waals surface area contributed by atoms with E-state index in [1.807, 2.05) is 0 Å². The molecule has 3 aromatic rings. The molecular weight excluding hydrogens is 374 g/mol. The molecule has 31 heavy (non-hydrogen) atoms. The number of aryl methyl sites for hydroxylation is 2. The van der Waals surface area contributed by atoms with E-state index in [4.69, 9.17) is 0 Å². The first-order valence-corrected chi connectivity index (χ1v) is 10.9. The molecule has 1 aliphatic rings. The summed E-state index contributed by atoms with van der Waals surface area (Å²) in [5, 5.41) is 3.62. The Morgan fingerprint density at radius 2 is 1.42 bits per heavy atom. The summed E-state index contributed by atoms with van der Waals surface area (Å²) < 4.78 is 0. The van der Waals surface area contributed by atoms with E-state index in [1.54, 1.807) is 0 Å². The van der Waals surface area contributed by atoms with Crippen molar-refractivity contribution >= 4 is 16.9 Å². The normalized spacial score (nSPS) is 18.7. The maximum atomic E-state index is 4.42. The fourth-order valence-corrected chi connectivity index (χ4v) is 4.34. The second-order valence-electron chi connectivity index (χ2n) is 9.06.